The molecule has 0 amide bonds. The van der Waals surface area contributed by atoms with Gasteiger partial charge in [-0.05, 0) is 19.8 Å². The lowest BCUT2D eigenvalue weighted by Gasteiger charge is -1.91. The molecule has 0 bridgehead atoms. The molecule has 8 heavy (non-hydrogen) atoms. The Kier molecular flexibility index (Phi) is 6.45. The molecule has 0 aliphatic rings. The van der Waals surface area contributed by atoms with E-state index in [-0.39, 0.29) is 0 Å². The van der Waals surface area contributed by atoms with Gasteiger partial charge in [0.2, 0.25) is 0 Å². The number of rotatable bonds is 4. The summed E-state index contributed by atoms with van der Waals surface area (Å²) in [6.07, 6.45) is 6.50. The Balaban J connectivity index is 2.72. The molecule has 0 spiro atoms. The fourth-order valence-corrected chi connectivity index (χ4v) is 0.512. The Labute approximate surface area is 51.4 Å². The Hall–Kier alpha value is -0.300. The molecule has 0 aromatic carbocycles. The van der Waals surface area contributed by atoms with Crippen LogP contribution in [0.4, 0.5) is 0 Å². The van der Waals surface area contributed by atoms with E-state index in [1.165, 1.54) is 0 Å². The second-order valence-electron chi connectivity index (χ2n) is 1.70. The van der Waals surface area contributed by atoms with Gasteiger partial charge >= 0.3 is 0 Å². The third-order valence-electron chi connectivity index (χ3n) is 0.955. The van der Waals surface area contributed by atoms with Crippen molar-refractivity contribution in [1.29, 1.82) is 0 Å². The van der Waals surface area contributed by atoms with E-state index in [1.54, 1.807) is 7.11 Å². The molecule has 0 heterocycles. The summed E-state index contributed by atoms with van der Waals surface area (Å²) in [5.74, 6) is 0. The molecule has 0 fully saturated rings. The Morgan fingerprint density at radius 1 is 1.50 bits per heavy atom. The molecule has 48 valence electrons. The molecular weight excluding hydrogens is 100 g/mol. The van der Waals surface area contributed by atoms with Crippen LogP contribution in [0.15, 0.2) is 12.2 Å². The van der Waals surface area contributed by atoms with E-state index in [1.807, 2.05) is 6.92 Å². The molecule has 0 aliphatic carbocycles. The highest BCUT2D eigenvalue weighted by atomic mass is 16.5. The monoisotopic (exact) mass is 114 g/mol. The van der Waals surface area contributed by atoms with Crippen molar-refractivity contribution in [2.45, 2.75) is 19.8 Å². The van der Waals surface area contributed by atoms with Crippen molar-refractivity contribution in [2.24, 2.45) is 0 Å². The van der Waals surface area contributed by atoms with Crippen LogP contribution in [0.3, 0.4) is 0 Å². The molecule has 0 aromatic heterocycles. The zero-order valence-electron chi connectivity index (χ0n) is 5.68. The first kappa shape index (κ1) is 7.70. The Bertz CT molecular complexity index is 57.4. The quantitative estimate of drug-likeness (QED) is 0.401. The van der Waals surface area contributed by atoms with Crippen LogP contribution in [0.2, 0.25) is 0 Å². The lowest BCUT2D eigenvalue weighted by atomic mass is 10.3. The van der Waals surface area contributed by atoms with Crippen molar-refractivity contribution < 1.29 is 4.74 Å². The molecule has 1 heteroatoms. The number of methoxy groups -OCH3 is 1. The summed E-state index contributed by atoms with van der Waals surface area (Å²) in [6, 6.07) is 0. The molecule has 0 saturated heterocycles. The van der Waals surface area contributed by atoms with Crippen molar-refractivity contribution in [3.63, 3.8) is 0 Å². The normalized spacial score (nSPS) is 10.8. The molecular formula is C7H14O. The molecule has 0 aromatic rings. The molecule has 1 nitrogen and oxygen atoms in total. The van der Waals surface area contributed by atoms with Gasteiger partial charge in [-0.15, -0.1) is 0 Å². The van der Waals surface area contributed by atoms with Crippen LogP contribution in [0, 0.1) is 0 Å². The molecule has 0 N–H and O–H groups in total. The van der Waals surface area contributed by atoms with Crippen LogP contribution in [-0.2, 0) is 4.74 Å². The van der Waals surface area contributed by atoms with Gasteiger partial charge in [0.25, 0.3) is 0 Å². The van der Waals surface area contributed by atoms with E-state index >= 15 is 0 Å². The van der Waals surface area contributed by atoms with E-state index in [9.17, 15) is 0 Å². The highest BCUT2D eigenvalue weighted by molar-refractivity contribution is 4.75. The number of hydrogen-bond donors (Lipinski definition) is 0. The second kappa shape index (κ2) is 6.70. The number of allylic oxidation sites excluding steroid dienone is 2. The SMILES string of the molecule is C/C=C\CCCOC. The van der Waals surface area contributed by atoms with E-state index in [0.29, 0.717) is 0 Å². The summed E-state index contributed by atoms with van der Waals surface area (Å²) in [4.78, 5) is 0. The van der Waals surface area contributed by atoms with Crippen molar-refractivity contribution in [2.75, 3.05) is 13.7 Å². The third-order valence-corrected chi connectivity index (χ3v) is 0.955. The van der Waals surface area contributed by atoms with Crippen LogP contribution < -0.4 is 0 Å². The zero-order valence-corrected chi connectivity index (χ0v) is 5.68. The summed E-state index contributed by atoms with van der Waals surface area (Å²) in [6.45, 7) is 2.91. The topological polar surface area (TPSA) is 9.23 Å². The number of ether oxygens (including phenoxy) is 1. The Morgan fingerprint density at radius 2 is 2.25 bits per heavy atom. The predicted octanol–water partition coefficient (Wildman–Crippen LogP) is 1.99. The minimum absolute atomic E-state index is 0.879. The molecule has 0 atom stereocenters. The van der Waals surface area contributed by atoms with Crippen molar-refractivity contribution in [3.8, 4) is 0 Å². The van der Waals surface area contributed by atoms with Gasteiger partial charge < -0.3 is 4.74 Å². The molecule has 0 saturated carbocycles. The minimum Gasteiger partial charge on any atom is -0.385 e. The minimum atomic E-state index is 0.879. The maximum absolute atomic E-state index is 4.85. The molecule has 0 rings (SSSR count). The van der Waals surface area contributed by atoms with E-state index < -0.39 is 0 Å². The van der Waals surface area contributed by atoms with Crippen LogP contribution >= 0.6 is 0 Å². The van der Waals surface area contributed by atoms with Gasteiger partial charge in [0.05, 0.1) is 0 Å². The summed E-state index contributed by atoms with van der Waals surface area (Å²) < 4.78 is 4.85. The van der Waals surface area contributed by atoms with Gasteiger partial charge in [-0.25, -0.2) is 0 Å². The first-order valence-electron chi connectivity index (χ1n) is 3.02. The van der Waals surface area contributed by atoms with Gasteiger partial charge in [0, 0.05) is 13.7 Å². The lowest BCUT2D eigenvalue weighted by Crippen LogP contribution is -1.85. The summed E-state index contributed by atoms with van der Waals surface area (Å²) >= 11 is 0. The maximum Gasteiger partial charge on any atom is 0.0465 e. The van der Waals surface area contributed by atoms with Gasteiger partial charge in [-0.3, -0.25) is 0 Å². The summed E-state index contributed by atoms with van der Waals surface area (Å²) in [5, 5.41) is 0. The standard InChI is InChI=1S/C7H14O/c1-3-4-5-6-7-8-2/h3-4H,5-7H2,1-2H3/b4-3-. The van der Waals surface area contributed by atoms with Crippen molar-refractivity contribution in [1.82, 2.24) is 0 Å². The van der Waals surface area contributed by atoms with E-state index in [2.05, 4.69) is 12.2 Å². The predicted molar refractivity (Wildman–Crippen MR) is 35.9 cm³/mol. The average molecular weight is 114 g/mol. The smallest absolute Gasteiger partial charge is 0.0465 e. The molecule has 0 unspecified atom stereocenters. The molecule has 0 aliphatic heterocycles. The Morgan fingerprint density at radius 3 is 2.75 bits per heavy atom. The zero-order chi connectivity index (χ0) is 6.24. The van der Waals surface area contributed by atoms with Crippen LogP contribution in [0.5, 0.6) is 0 Å². The largest absolute Gasteiger partial charge is 0.385 e. The van der Waals surface area contributed by atoms with Crippen LogP contribution in [-0.4, -0.2) is 13.7 Å². The van der Waals surface area contributed by atoms with E-state index in [0.717, 1.165) is 19.4 Å². The molecule has 0 radical (unpaired) electrons. The van der Waals surface area contributed by atoms with Crippen molar-refractivity contribution >= 4 is 0 Å². The van der Waals surface area contributed by atoms with Gasteiger partial charge in [-0.1, -0.05) is 12.2 Å². The number of unbranched alkanes of at least 4 members (excludes halogenated alkanes) is 1. The highest BCUT2D eigenvalue weighted by Gasteiger charge is 1.78. The summed E-state index contributed by atoms with van der Waals surface area (Å²) in [7, 11) is 1.73. The summed E-state index contributed by atoms with van der Waals surface area (Å²) in [5.41, 5.74) is 0. The second-order valence-corrected chi connectivity index (χ2v) is 1.70. The average Bonchev–Trinajstić information content (AvgIpc) is 1.81. The van der Waals surface area contributed by atoms with Crippen LogP contribution in [0.1, 0.15) is 19.8 Å². The van der Waals surface area contributed by atoms with Crippen molar-refractivity contribution in [3.05, 3.63) is 12.2 Å². The fraction of sp³-hybridized carbons (Fsp3) is 0.714. The maximum atomic E-state index is 4.85. The first-order valence-corrected chi connectivity index (χ1v) is 3.02. The number of hydrogen-bond acceptors (Lipinski definition) is 1. The van der Waals surface area contributed by atoms with Gasteiger partial charge in [-0.2, -0.15) is 0 Å². The van der Waals surface area contributed by atoms with E-state index in [4.69, 9.17) is 4.74 Å². The third kappa shape index (κ3) is 5.70. The van der Waals surface area contributed by atoms with Crippen LogP contribution in [0.25, 0.3) is 0 Å². The first-order chi connectivity index (χ1) is 3.91. The van der Waals surface area contributed by atoms with Gasteiger partial charge in [0.15, 0.2) is 0 Å². The highest BCUT2D eigenvalue weighted by Crippen LogP contribution is 1.89. The lowest BCUT2D eigenvalue weighted by molar-refractivity contribution is 0.196. The van der Waals surface area contributed by atoms with Gasteiger partial charge in [0.1, 0.15) is 0 Å². The fourth-order valence-electron chi connectivity index (χ4n) is 0.512.